The SMILES string of the molecule is COC[C@H](OC)[C@H]1O[C@H]([C@@H](CO[Si](c2ccccc2)(c2ccccc2)C(C)(C)C)NC(=O)c2ccccc2)[C@H](OC(=O)c2ccccc2)[C@H]1OC. The van der Waals surface area contributed by atoms with Crippen LogP contribution in [0.5, 0.6) is 0 Å². The number of esters is 1. The fraction of sp³-hybridized carbons (Fsp3) is 0.366. The van der Waals surface area contributed by atoms with E-state index in [2.05, 4.69) is 50.4 Å². The summed E-state index contributed by atoms with van der Waals surface area (Å²) < 4.78 is 37.7. The van der Waals surface area contributed by atoms with Crippen LogP contribution in [0.2, 0.25) is 5.04 Å². The minimum atomic E-state index is -3.07. The van der Waals surface area contributed by atoms with Crippen molar-refractivity contribution in [1.82, 2.24) is 5.32 Å². The summed E-state index contributed by atoms with van der Waals surface area (Å²) in [6, 6.07) is 37.5. The van der Waals surface area contributed by atoms with E-state index in [1.807, 2.05) is 60.7 Å². The Morgan fingerprint density at radius 2 is 1.22 bits per heavy atom. The first-order chi connectivity index (χ1) is 24.6. The topological polar surface area (TPSA) is 102 Å². The molecule has 1 fully saturated rings. The Morgan fingerprint density at radius 3 is 1.69 bits per heavy atom. The molecule has 51 heavy (non-hydrogen) atoms. The highest BCUT2D eigenvalue weighted by Crippen LogP contribution is 2.38. The van der Waals surface area contributed by atoms with Crippen molar-refractivity contribution in [2.75, 3.05) is 34.5 Å². The van der Waals surface area contributed by atoms with Crippen molar-refractivity contribution in [3.05, 3.63) is 132 Å². The molecule has 5 rings (SSSR count). The van der Waals surface area contributed by atoms with Gasteiger partial charge in [-0.2, -0.15) is 0 Å². The molecule has 0 aliphatic carbocycles. The van der Waals surface area contributed by atoms with Crippen LogP contribution < -0.4 is 15.7 Å². The van der Waals surface area contributed by atoms with Crippen LogP contribution in [0.25, 0.3) is 0 Å². The molecule has 10 heteroatoms. The lowest BCUT2D eigenvalue weighted by Crippen LogP contribution is -2.68. The standard InChI is InChI=1S/C41H49NO8Si/c1-41(2,3)51(31-23-15-9-16-24-31,32-25-17-10-18-26-32)48-27-33(42-39(43)29-19-11-7-12-20-29)35-38(50-40(44)30-21-13-8-14-22-30)37(47-6)36(49-35)34(46-5)28-45-4/h7-26,33-38H,27-28H2,1-6H3,(H,42,43)/t33-,34+,35-,36-,37+,38+/m1/s1. The second-order valence-corrected chi connectivity index (χ2v) is 18.0. The Labute approximate surface area is 302 Å². The van der Waals surface area contributed by atoms with E-state index < -0.39 is 50.8 Å². The molecular weight excluding hydrogens is 663 g/mol. The van der Waals surface area contributed by atoms with Crippen LogP contribution in [-0.4, -0.2) is 91.3 Å². The monoisotopic (exact) mass is 711 g/mol. The number of ether oxygens (including phenoxy) is 5. The number of hydrogen-bond donors (Lipinski definition) is 1. The van der Waals surface area contributed by atoms with Gasteiger partial charge in [0.05, 0.1) is 24.8 Å². The average Bonchev–Trinajstić information content (AvgIpc) is 3.51. The van der Waals surface area contributed by atoms with Gasteiger partial charge < -0.3 is 33.4 Å². The highest BCUT2D eigenvalue weighted by Gasteiger charge is 2.55. The average molecular weight is 712 g/mol. The van der Waals surface area contributed by atoms with E-state index in [0.29, 0.717) is 11.1 Å². The Balaban J connectivity index is 1.61. The van der Waals surface area contributed by atoms with Gasteiger partial charge in [-0.3, -0.25) is 4.79 Å². The van der Waals surface area contributed by atoms with Crippen LogP contribution in [0.1, 0.15) is 41.5 Å². The summed E-state index contributed by atoms with van der Waals surface area (Å²) in [7, 11) is 1.62. The van der Waals surface area contributed by atoms with Gasteiger partial charge in [0.25, 0.3) is 14.2 Å². The summed E-state index contributed by atoms with van der Waals surface area (Å²) in [5.74, 6) is -0.861. The molecular formula is C41H49NO8Si. The third kappa shape index (κ3) is 8.49. The van der Waals surface area contributed by atoms with E-state index in [1.54, 1.807) is 57.7 Å². The van der Waals surface area contributed by atoms with Gasteiger partial charge in [0.2, 0.25) is 0 Å². The normalized spacial score (nSPS) is 20.4. The number of methoxy groups -OCH3 is 3. The number of benzene rings is 4. The molecule has 0 spiro atoms. The molecule has 6 atom stereocenters. The van der Waals surface area contributed by atoms with Crippen LogP contribution in [0.15, 0.2) is 121 Å². The Bertz CT molecular complexity index is 1630. The summed E-state index contributed by atoms with van der Waals surface area (Å²) in [6.45, 7) is 6.82. The Hall–Kier alpha value is -4.16. The second kappa shape index (κ2) is 17.4. The van der Waals surface area contributed by atoms with E-state index in [0.717, 1.165) is 10.4 Å². The molecule has 0 aromatic heterocycles. The molecule has 1 aliphatic heterocycles. The fourth-order valence-corrected chi connectivity index (χ4v) is 11.6. The van der Waals surface area contributed by atoms with E-state index in [4.69, 9.17) is 28.1 Å². The maximum Gasteiger partial charge on any atom is 0.338 e. The smallest absolute Gasteiger partial charge is 0.338 e. The number of amides is 1. The van der Waals surface area contributed by atoms with Gasteiger partial charge in [0.1, 0.15) is 24.4 Å². The van der Waals surface area contributed by atoms with Gasteiger partial charge in [-0.15, -0.1) is 0 Å². The van der Waals surface area contributed by atoms with Crippen LogP contribution >= 0.6 is 0 Å². The van der Waals surface area contributed by atoms with Crippen molar-refractivity contribution in [1.29, 1.82) is 0 Å². The first-order valence-corrected chi connectivity index (χ1v) is 19.1. The van der Waals surface area contributed by atoms with Gasteiger partial charge in [-0.25, -0.2) is 4.79 Å². The van der Waals surface area contributed by atoms with E-state index in [-0.39, 0.29) is 24.2 Å². The minimum absolute atomic E-state index is 0.0426. The molecule has 0 saturated carbocycles. The number of hydrogen-bond acceptors (Lipinski definition) is 8. The summed E-state index contributed by atoms with van der Waals surface area (Å²) >= 11 is 0. The third-order valence-electron chi connectivity index (χ3n) is 9.46. The molecule has 1 heterocycles. The van der Waals surface area contributed by atoms with Crippen molar-refractivity contribution in [3.63, 3.8) is 0 Å². The molecule has 1 saturated heterocycles. The van der Waals surface area contributed by atoms with Gasteiger partial charge in [-0.1, -0.05) is 118 Å². The highest BCUT2D eigenvalue weighted by atomic mass is 28.4. The zero-order chi connectivity index (χ0) is 36.4. The number of carbonyl (C=O) groups excluding carboxylic acids is 2. The molecule has 4 aromatic carbocycles. The molecule has 1 N–H and O–H groups in total. The summed E-state index contributed by atoms with van der Waals surface area (Å²) in [6.07, 6.45) is -3.88. The third-order valence-corrected chi connectivity index (χ3v) is 14.5. The number of rotatable bonds is 15. The maximum atomic E-state index is 14.0. The van der Waals surface area contributed by atoms with Crippen LogP contribution in [0.3, 0.4) is 0 Å². The molecule has 270 valence electrons. The molecule has 9 nitrogen and oxygen atoms in total. The van der Waals surface area contributed by atoms with E-state index >= 15 is 0 Å². The largest absolute Gasteiger partial charge is 0.453 e. The zero-order valence-corrected chi connectivity index (χ0v) is 31.2. The lowest BCUT2D eigenvalue weighted by atomic mass is 9.99. The maximum absolute atomic E-state index is 14.0. The highest BCUT2D eigenvalue weighted by molar-refractivity contribution is 6.99. The predicted molar refractivity (Wildman–Crippen MR) is 199 cm³/mol. The lowest BCUT2D eigenvalue weighted by Gasteiger charge is -2.44. The van der Waals surface area contributed by atoms with Crippen molar-refractivity contribution in [3.8, 4) is 0 Å². The van der Waals surface area contributed by atoms with Gasteiger partial charge in [0.15, 0.2) is 6.10 Å². The second-order valence-electron chi connectivity index (χ2n) is 13.7. The van der Waals surface area contributed by atoms with Crippen LogP contribution in [-0.2, 0) is 28.1 Å². The van der Waals surface area contributed by atoms with Crippen molar-refractivity contribution < 1.29 is 37.7 Å². The molecule has 0 bridgehead atoms. The fourth-order valence-electron chi connectivity index (χ4n) is 7.00. The first kappa shape index (κ1) is 38.1. The van der Waals surface area contributed by atoms with E-state index in [9.17, 15) is 9.59 Å². The predicted octanol–water partition coefficient (Wildman–Crippen LogP) is 5.03. The molecule has 0 radical (unpaired) electrons. The van der Waals surface area contributed by atoms with Crippen molar-refractivity contribution in [2.24, 2.45) is 0 Å². The lowest BCUT2D eigenvalue weighted by molar-refractivity contribution is -0.112. The first-order valence-electron chi connectivity index (χ1n) is 17.2. The number of carbonyl (C=O) groups is 2. The summed E-state index contributed by atoms with van der Waals surface area (Å²) in [4.78, 5) is 27.6. The van der Waals surface area contributed by atoms with Gasteiger partial charge in [0, 0.05) is 26.9 Å². The molecule has 1 amide bonds. The van der Waals surface area contributed by atoms with Crippen LogP contribution in [0.4, 0.5) is 0 Å². The van der Waals surface area contributed by atoms with E-state index in [1.165, 1.54) is 0 Å². The Kier molecular flexibility index (Phi) is 13.0. The van der Waals surface area contributed by atoms with Crippen molar-refractivity contribution >= 4 is 30.6 Å². The molecule has 0 unspecified atom stereocenters. The molecule has 1 aliphatic rings. The minimum Gasteiger partial charge on any atom is -0.453 e. The van der Waals surface area contributed by atoms with Gasteiger partial charge in [-0.05, 0) is 39.7 Å². The summed E-state index contributed by atoms with van der Waals surface area (Å²) in [5.41, 5.74) is 0.848. The van der Waals surface area contributed by atoms with Crippen LogP contribution in [0, 0.1) is 0 Å². The zero-order valence-electron chi connectivity index (χ0n) is 30.2. The molecule has 4 aromatic rings. The Morgan fingerprint density at radius 1 is 0.706 bits per heavy atom. The number of nitrogens with one attached hydrogen (secondary N) is 1. The van der Waals surface area contributed by atoms with Gasteiger partial charge >= 0.3 is 5.97 Å². The van der Waals surface area contributed by atoms with Crippen molar-refractivity contribution in [2.45, 2.75) is 62.4 Å². The quantitative estimate of drug-likeness (QED) is 0.136. The summed E-state index contributed by atoms with van der Waals surface area (Å²) in [5, 5.41) is 5.05.